The molecule has 0 unspecified atom stereocenters. The molecule has 0 aliphatic heterocycles. The molecule has 8 atom stereocenters. The maximum Gasteiger partial charge on any atom is 0.338 e. The minimum Gasteiger partial charge on any atom is -0.497 e. The van der Waals surface area contributed by atoms with Crippen LogP contribution in [-0.4, -0.2) is 19.2 Å². The van der Waals surface area contributed by atoms with E-state index >= 15 is 0 Å². The first-order chi connectivity index (χ1) is 18.2. The highest BCUT2D eigenvalue weighted by molar-refractivity contribution is 5.89. The lowest BCUT2D eigenvalue weighted by atomic mass is 9.47. The summed E-state index contributed by atoms with van der Waals surface area (Å²) in [5, 5.41) is 0. The predicted molar refractivity (Wildman–Crippen MR) is 155 cm³/mol. The number of carbonyl (C=O) groups is 1. The van der Waals surface area contributed by atoms with E-state index in [-0.39, 0.29) is 17.5 Å². The molecule has 5 rings (SSSR count). The summed E-state index contributed by atoms with van der Waals surface area (Å²) in [6, 6.07) is 7.24. The van der Waals surface area contributed by atoms with Gasteiger partial charge in [-0.15, -0.1) is 0 Å². The molecule has 0 bridgehead atoms. The number of allylic oxidation sites excluding steroid dienone is 5. The van der Waals surface area contributed by atoms with Crippen LogP contribution in [0.4, 0.5) is 0 Å². The Kier molecular flexibility index (Phi) is 7.68. The van der Waals surface area contributed by atoms with Crippen molar-refractivity contribution in [2.24, 2.45) is 40.4 Å². The monoisotopic (exact) mass is 516 g/mol. The van der Waals surface area contributed by atoms with Crippen LogP contribution in [0.25, 0.3) is 0 Å². The fourth-order valence-corrected chi connectivity index (χ4v) is 9.14. The van der Waals surface area contributed by atoms with Gasteiger partial charge in [0.05, 0.1) is 12.7 Å². The fourth-order valence-electron chi connectivity index (χ4n) is 9.14. The van der Waals surface area contributed by atoms with Crippen LogP contribution in [0.15, 0.2) is 59.7 Å². The Labute approximate surface area is 230 Å². The molecule has 4 aliphatic carbocycles. The van der Waals surface area contributed by atoms with Gasteiger partial charge in [-0.05, 0) is 123 Å². The molecule has 0 heterocycles. The van der Waals surface area contributed by atoms with Crippen molar-refractivity contribution < 1.29 is 14.3 Å². The Morgan fingerprint density at radius 2 is 1.79 bits per heavy atom. The second-order valence-electron chi connectivity index (χ2n) is 13.5. The molecule has 3 fully saturated rings. The van der Waals surface area contributed by atoms with Crippen LogP contribution >= 0.6 is 0 Å². The van der Waals surface area contributed by atoms with E-state index in [1.165, 1.54) is 37.7 Å². The van der Waals surface area contributed by atoms with Gasteiger partial charge in [0.15, 0.2) is 0 Å². The summed E-state index contributed by atoms with van der Waals surface area (Å²) in [6.45, 7) is 12.0. The fraction of sp³-hybridized carbons (Fsp3) is 0.629. The number of hydrogen-bond acceptors (Lipinski definition) is 3. The molecule has 0 radical (unpaired) electrons. The third kappa shape index (κ3) is 4.91. The zero-order chi connectivity index (χ0) is 27.1. The largest absolute Gasteiger partial charge is 0.497 e. The lowest BCUT2D eigenvalue weighted by Gasteiger charge is -2.58. The van der Waals surface area contributed by atoms with E-state index in [4.69, 9.17) is 9.47 Å². The number of ether oxygens (including phenoxy) is 2. The summed E-state index contributed by atoms with van der Waals surface area (Å²) >= 11 is 0. The Balaban J connectivity index is 1.27. The van der Waals surface area contributed by atoms with Gasteiger partial charge in [-0.1, -0.05) is 56.2 Å². The number of rotatable bonds is 6. The quantitative estimate of drug-likeness (QED) is 0.215. The number of esters is 1. The Morgan fingerprint density at radius 1 is 1.03 bits per heavy atom. The highest BCUT2D eigenvalue weighted by Crippen LogP contribution is 2.67. The molecule has 3 heteroatoms. The van der Waals surface area contributed by atoms with E-state index in [1.807, 2.05) is 12.1 Å². The van der Waals surface area contributed by atoms with Crippen molar-refractivity contribution in [2.45, 2.75) is 92.1 Å². The lowest BCUT2D eigenvalue weighted by Crippen LogP contribution is -2.51. The second-order valence-corrected chi connectivity index (χ2v) is 13.5. The van der Waals surface area contributed by atoms with E-state index in [2.05, 4.69) is 58.9 Å². The number of hydrogen-bond donors (Lipinski definition) is 0. The molecule has 0 amide bonds. The molecular formula is C35H48O3. The van der Waals surface area contributed by atoms with Crippen LogP contribution < -0.4 is 4.74 Å². The van der Waals surface area contributed by atoms with Crippen molar-refractivity contribution in [2.75, 3.05) is 7.11 Å². The minimum atomic E-state index is -0.214. The van der Waals surface area contributed by atoms with Gasteiger partial charge in [0.2, 0.25) is 0 Å². The van der Waals surface area contributed by atoms with Gasteiger partial charge < -0.3 is 9.47 Å². The Bertz CT molecular complexity index is 1110. The van der Waals surface area contributed by atoms with Gasteiger partial charge in [0.25, 0.3) is 0 Å². The first-order valence-electron chi connectivity index (χ1n) is 15.0. The van der Waals surface area contributed by atoms with Crippen LogP contribution in [0.3, 0.4) is 0 Å². The van der Waals surface area contributed by atoms with Gasteiger partial charge in [0, 0.05) is 6.42 Å². The predicted octanol–water partition coefficient (Wildman–Crippen LogP) is 8.96. The number of methoxy groups -OCH3 is 1. The molecule has 0 N–H and O–H groups in total. The van der Waals surface area contributed by atoms with Gasteiger partial charge in [-0.2, -0.15) is 0 Å². The van der Waals surface area contributed by atoms with Crippen LogP contribution in [0.1, 0.15) is 96.3 Å². The first-order valence-corrected chi connectivity index (χ1v) is 15.0. The highest BCUT2D eigenvalue weighted by atomic mass is 16.5. The smallest absolute Gasteiger partial charge is 0.338 e. The maximum absolute atomic E-state index is 12.8. The molecule has 38 heavy (non-hydrogen) atoms. The zero-order valence-corrected chi connectivity index (χ0v) is 24.5. The van der Waals surface area contributed by atoms with Crippen LogP contribution in [-0.2, 0) is 4.74 Å². The van der Waals surface area contributed by atoms with E-state index < -0.39 is 0 Å². The van der Waals surface area contributed by atoms with Crippen molar-refractivity contribution in [3.05, 3.63) is 65.3 Å². The summed E-state index contributed by atoms with van der Waals surface area (Å²) < 4.78 is 11.2. The molecule has 3 saturated carbocycles. The van der Waals surface area contributed by atoms with Crippen molar-refractivity contribution in [1.29, 1.82) is 0 Å². The van der Waals surface area contributed by atoms with Crippen molar-refractivity contribution in [1.82, 2.24) is 0 Å². The summed E-state index contributed by atoms with van der Waals surface area (Å²) in [5.74, 6) is 4.39. The average molecular weight is 517 g/mol. The third-order valence-electron chi connectivity index (χ3n) is 11.2. The van der Waals surface area contributed by atoms with E-state index in [9.17, 15) is 4.79 Å². The topological polar surface area (TPSA) is 35.5 Å². The SMILES string of the molecule is COc1ccc(C(=O)O[C@@H]2CC[C@@]3(C)C(=CC[C@H]4[C@@H]5CC[C@H]([C@H](C)/C=C\C=C(C)C)[C@@]5(C)CC[C@@H]43)C2)cc1. The van der Waals surface area contributed by atoms with Gasteiger partial charge in [0.1, 0.15) is 11.9 Å². The molecule has 1 aromatic carbocycles. The van der Waals surface area contributed by atoms with E-state index in [1.54, 1.807) is 24.8 Å². The summed E-state index contributed by atoms with van der Waals surface area (Å²) in [6.07, 6.45) is 19.3. The van der Waals surface area contributed by atoms with Crippen molar-refractivity contribution in [3.63, 3.8) is 0 Å². The molecule has 1 aromatic rings. The number of benzene rings is 1. The summed E-state index contributed by atoms with van der Waals surface area (Å²) in [4.78, 5) is 12.8. The summed E-state index contributed by atoms with van der Waals surface area (Å²) in [7, 11) is 1.64. The van der Waals surface area contributed by atoms with Crippen molar-refractivity contribution in [3.8, 4) is 5.75 Å². The maximum atomic E-state index is 12.8. The van der Waals surface area contributed by atoms with Gasteiger partial charge in [-0.25, -0.2) is 4.79 Å². The first kappa shape index (κ1) is 27.3. The molecule has 206 valence electrons. The van der Waals surface area contributed by atoms with Crippen LogP contribution in [0, 0.1) is 40.4 Å². The van der Waals surface area contributed by atoms with Gasteiger partial charge >= 0.3 is 5.97 Å². The zero-order valence-electron chi connectivity index (χ0n) is 24.5. The molecule has 0 saturated heterocycles. The highest BCUT2D eigenvalue weighted by Gasteiger charge is 2.59. The molecule has 0 spiro atoms. The number of carbonyl (C=O) groups excluding carboxylic acids is 1. The van der Waals surface area contributed by atoms with E-state index in [0.717, 1.165) is 48.7 Å². The second kappa shape index (κ2) is 10.7. The van der Waals surface area contributed by atoms with Crippen molar-refractivity contribution >= 4 is 5.97 Å². The van der Waals surface area contributed by atoms with E-state index in [0.29, 0.717) is 16.9 Å². The molecule has 4 aliphatic rings. The summed E-state index contributed by atoms with van der Waals surface area (Å²) in [5.41, 5.74) is 4.26. The normalized spacial score (nSPS) is 36.9. The Hall–Kier alpha value is -2.29. The lowest BCUT2D eigenvalue weighted by molar-refractivity contribution is -0.0565. The third-order valence-corrected chi connectivity index (χ3v) is 11.2. The minimum absolute atomic E-state index is 0.0152. The standard InChI is InChI=1S/C35H48O3/c1-23(2)8-7-9-24(3)30-16-17-31-29-15-12-26-22-28(38-33(36)25-10-13-27(37-6)14-11-25)18-20-34(26,4)32(29)19-21-35(30,31)5/h7-14,24,28-32H,15-22H2,1-6H3/b9-7-/t24-,28-,29+,30-,31+,32+,34+,35-/m1/s1. The molecular weight excluding hydrogens is 468 g/mol. The average Bonchev–Trinajstić information content (AvgIpc) is 3.26. The number of fused-ring (bicyclic) bond motifs is 5. The molecule has 3 nitrogen and oxygen atoms in total. The van der Waals surface area contributed by atoms with Gasteiger partial charge in [-0.3, -0.25) is 0 Å². The molecule has 0 aromatic heterocycles. The Morgan fingerprint density at radius 3 is 2.50 bits per heavy atom. The van der Waals surface area contributed by atoms with Crippen LogP contribution in [0.2, 0.25) is 0 Å². The van der Waals surface area contributed by atoms with Crippen LogP contribution in [0.5, 0.6) is 5.75 Å².